The molecule has 4 nitrogen and oxygen atoms in total. The molecular formula is C12H11ClN2O2. The van der Waals surface area contributed by atoms with Crippen LogP contribution < -0.4 is 0 Å². The van der Waals surface area contributed by atoms with Gasteiger partial charge in [-0.3, -0.25) is 4.98 Å². The largest absolute Gasteiger partial charge is 0.461 e. The molecule has 2 aromatic heterocycles. The fraction of sp³-hybridized carbons (Fsp3) is 0.250. The minimum Gasteiger partial charge on any atom is -0.461 e. The van der Waals surface area contributed by atoms with E-state index in [1.165, 1.54) is 0 Å². The minimum atomic E-state index is -0.461. The second-order valence-corrected chi connectivity index (χ2v) is 3.89. The van der Waals surface area contributed by atoms with E-state index in [2.05, 4.69) is 9.97 Å². The van der Waals surface area contributed by atoms with Gasteiger partial charge in [0.1, 0.15) is 0 Å². The third kappa shape index (κ3) is 2.08. The predicted molar refractivity (Wildman–Crippen MR) is 65.2 cm³/mol. The fourth-order valence-electron chi connectivity index (χ4n) is 1.57. The summed E-state index contributed by atoms with van der Waals surface area (Å²) in [5, 5.41) is 1.30. The van der Waals surface area contributed by atoms with E-state index >= 15 is 0 Å². The highest BCUT2D eigenvalue weighted by Gasteiger charge is 2.17. The second kappa shape index (κ2) is 4.67. The molecule has 0 saturated carbocycles. The molecule has 0 aromatic carbocycles. The molecule has 88 valence electrons. The van der Waals surface area contributed by atoms with Crippen LogP contribution in [0.3, 0.4) is 0 Å². The average molecular weight is 251 g/mol. The Hall–Kier alpha value is -1.68. The summed E-state index contributed by atoms with van der Waals surface area (Å²) in [6, 6.07) is 1.77. The average Bonchev–Trinajstić information content (AvgIpc) is 2.34. The first kappa shape index (κ1) is 11.8. The zero-order valence-electron chi connectivity index (χ0n) is 9.53. The van der Waals surface area contributed by atoms with Crippen molar-refractivity contribution in [3.8, 4) is 0 Å². The number of hydrogen-bond acceptors (Lipinski definition) is 4. The van der Waals surface area contributed by atoms with Crippen molar-refractivity contribution in [2.75, 3.05) is 6.61 Å². The van der Waals surface area contributed by atoms with Crippen LogP contribution in [0.15, 0.2) is 18.5 Å². The highest BCUT2D eigenvalue weighted by molar-refractivity contribution is 6.36. The van der Waals surface area contributed by atoms with E-state index in [4.69, 9.17) is 16.3 Å². The van der Waals surface area contributed by atoms with E-state index in [9.17, 15) is 4.79 Å². The summed E-state index contributed by atoms with van der Waals surface area (Å²) in [6.07, 6.45) is 3.21. The third-order valence-corrected chi connectivity index (χ3v) is 2.91. The Labute approximate surface area is 104 Å². The van der Waals surface area contributed by atoms with Crippen molar-refractivity contribution in [2.45, 2.75) is 13.8 Å². The van der Waals surface area contributed by atoms with Gasteiger partial charge in [0.15, 0.2) is 5.69 Å². The van der Waals surface area contributed by atoms with E-state index in [0.29, 0.717) is 22.7 Å². The van der Waals surface area contributed by atoms with Crippen LogP contribution in [0.25, 0.3) is 10.9 Å². The molecule has 0 aliphatic heterocycles. The maximum atomic E-state index is 11.7. The molecule has 0 amide bonds. The summed E-state index contributed by atoms with van der Waals surface area (Å²) in [4.78, 5) is 19.9. The van der Waals surface area contributed by atoms with Crippen molar-refractivity contribution in [2.24, 2.45) is 0 Å². The zero-order chi connectivity index (χ0) is 12.4. The van der Waals surface area contributed by atoms with E-state index in [-0.39, 0.29) is 5.69 Å². The van der Waals surface area contributed by atoms with Gasteiger partial charge in [0.2, 0.25) is 0 Å². The Kier molecular flexibility index (Phi) is 3.24. The third-order valence-electron chi connectivity index (χ3n) is 2.42. The van der Waals surface area contributed by atoms with Crippen LogP contribution in [0.2, 0.25) is 5.02 Å². The van der Waals surface area contributed by atoms with Crippen molar-refractivity contribution in [3.05, 3.63) is 34.7 Å². The predicted octanol–water partition coefficient (Wildman–Crippen LogP) is 2.77. The maximum Gasteiger partial charge on any atom is 0.357 e. The molecule has 2 aromatic rings. The molecule has 17 heavy (non-hydrogen) atoms. The first-order valence-corrected chi connectivity index (χ1v) is 5.60. The van der Waals surface area contributed by atoms with Crippen molar-refractivity contribution >= 4 is 28.5 Å². The lowest BCUT2D eigenvalue weighted by Crippen LogP contribution is -2.10. The Bertz CT molecular complexity index is 584. The summed E-state index contributed by atoms with van der Waals surface area (Å²) in [7, 11) is 0. The van der Waals surface area contributed by atoms with Crippen LogP contribution in [0, 0.1) is 6.92 Å². The number of nitrogens with zero attached hydrogens (tertiary/aromatic N) is 2. The monoisotopic (exact) mass is 250 g/mol. The van der Waals surface area contributed by atoms with Crippen molar-refractivity contribution in [3.63, 3.8) is 0 Å². The number of aromatic nitrogens is 2. The molecule has 0 atom stereocenters. The van der Waals surface area contributed by atoms with Gasteiger partial charge < -0.3 is 4.74 Å². The van der Waals surface area contributed by atoms with Gasteiger partial charge in [0.25, 0.3) is 0 Å². The summed E-state index contributed by atoms with van der Waals surface area (Å²) in [5.41, 5.74) is 1.47. The molecule has 2 heterocycles. The smallest absolute Gasteiger partial charge is 0.357 e. The molecule has 0 fully saturated rings. The lowest BCUT2D eigenvalue weighted by atomic mass is 10.1. The number of ether oxygens (including phenoxy) is 1. The number of carbonyl (C=O) groups excluding carboxylic acids is 1. The first-order valence-electron chi connectivity index (χ1n) is 5.22. The maximum absolute atomic E-state index is 11.7. The standard InChI is InChI=1S/C12H11ClN2O2/c1-3-17-12(16)11-7(2)10(13)8-4-5-14-6-9(8)15-11/h4-6H,3H2,1-2H3. The number of carbonyl (C=O) groups is 1. The van der Waals surface area contributed by atoms with Crippen LogP contribution in [-0.4, -0.2) is 22.5 Å². The highest BCUT2D eigenvalue weighted by Crippen LogP contribution is 2.27. The fourth-order valence-corrected chi connectivity index (χ4v) is 1.82. The Morgan fingerprint density at radius 2 is 2.29 bits per heavy atom. The summed E-state index contributed by atoms with van der Waals surface area (Å²) < 4.78 is 4.93. The Morgan fingerprint density at radius 1 is 1.53 bits per heavy atom. The summed E-state index contributed by atoms with van der Waals surface area (Å²) in [5.74, 6) is -0.461. The molecule has 0 saturated heterocycles. The molecule has 0 unspecified atom stereocenters. The number of halogens is 1. The van der Waals surface area contributed by atoms with Gasteiger partial charge in [0, 0.05) is 17.1 Å². The minimum absolute atomic E-state index is 0.248. The lowest BCUT2D eigenvalue weighted by Gasteiger charge is -2.08. The number of pyridine rings is 2. The first-order chi connectivity index (χ1) is 8.15. The van der Waals surface area contributed by atoms with Gasteiger partial charge >= 0.3 is 5.97 Å². The molecular weight excluding hydrogens is 240 g/mol. The molecule has 0 aliphatic rings. The van der Waals surface area contributed by atoms with Gasteiger partial charge in [0.05, 0.1) is 23.3 Å². The van der Waals surface area contributed by atoms with E-state index in [1.54, 1.807) is 32.3 Å². The van der Waals surface area contributed by atoms with Gasteiger partial charge in [-0.2, -0.15) is 0 Å². The van der Waals surface area contributed by atoms with E-state index < -0.39 is 5.97 Å². The van der Waals surface area contributed by atoms with Crippen molar-refractivity contribution < 1.29 is 9.53 Å². The lowest BCUT2D eigenvalue weighted by molar-refractivity contribution is 0.0519. The zero-order valence-corrected chi connectivity index (χ0v) is 10.3. The van der Waals surface area contributed by atoms with Crippen LogP contribution >= 0.6 is 11.6 Å². The molecule has 0 bridgehead atoms. The molecule has 2 rings (SSSR count). The summed E-state index contributed by atoms with van der Waals surface area (Å²) >= 11 is 6.20. The van der Waals surface area contributed by atoms with Crippen LogP contribution in [0.4, 0.5) is 0 Å². The van der Waals surface area contributed by atoms with Crippen molar-refractivity contribution in [1.29, 1.82) is 0 Å². The second-order valence-electron chi connectivity index (χ2n) is 3.51. The van der Waals surface area contributed by atoms with Crippen LogP contribution in [0.5, 0.6) is 0 Å². The van der Waals surface area contributed by atoms with Crippen LogP contribution in [-0.2, 0) is 4.74 Å². The van der Waals surface area contributed by atoms with Gasteiger partial charge in [-0.15, -0.1) is 0 Å². The SMILES string of the molecule is CCOC(=O)c1nc2cnccc2c(Cl)c1C. The molecule has 0 radical (unpaired) electrons. The number of hydrogen-bond donors (Lipinski definition) is 0. The van der Waals surface area contributed by atoms with E-state index in [0.717, 1.165) is 5.39 Å². The highest BCUT2D eigenvalue weighted by atomic mass is 35.5. The van der Waals surface area contributed by atoms with Crippen LogP contribution in [0.1, 0.15) is 23.0 Å². The number of esters is 1. The quantitative estimate of drug-likeness (QED) is 0.769. The van der Waals surface area contributed by atoms with Gasteiger partial charge in [-0.25, -0.2) is 9.78 Å². The molecule has 5 heteroatoms. The number of rotatable bonds is 2. The summed E-state index contributed by atoms with van der Waals surface area (Å²) in [6.45, 7) is 3.81. The molecule has 0 spiro atoms. The van der Waals surface area contributed by atoms with Gasteiger partial charge in [-0.1, -0.05) is 11.6 Å². The van der Waals surface area contributed by atoms with E-state index in [1.807, 2.05) is 0 Å². The molecule has 0 N–H and O–H groups in total. The number of fused-ring (bicyclic) bond motifs is 1. The van der Waals surface area contributed by atoms with Crippen molar-refractivity contribution in [1.82, 2.24) is 9.97 Å². The van der Waals surface area contributed by atoms with Gasteiger partial charge in [-0.05, 0) is 19.9 Å². The molecule has 0 aliphatic carbocycles. The Morgan fingerprint density at radius 3 is 3.00 bits per heavy atom. The normalized spacial score (nSPS) is 10.5. The Balaban J connectivity index is 2.65. The topological polar surface area (TPSA) is 52.1 Å².